The van der Waals surface area contributed by atoms with E-state index in [1.165, 1.54) is 6.42 Å². The third-order valence-electron chi connectivity index (χ3n) is 5.34. The molecule has 0 atom stereocenters. The zero-order chi connectivity index (χ0) is 19.8. The molecule has 0 radical (unpaired) electrons. The van der Waals surface area contributed by atoms with Gasteiger partial charge in [0.2, 0.25) is 0 Å². The number of hydrogen-bond donors (Lipinski definition) is 0. The van der Waals surface area contributed by atoms with Gasteiger partial charge in [-0.2, -0.15) is 0 Å². The Morgan fingerprint density at radius 2 is 1.36 bits per heavy atom. The van der Waals surface area contributed by atoms with Crippen molar-refractivity contribution in [3.8, 4) is 29.4 Å². The van der Waals surface area contributed by atoms with Gasteiger partial charge in [0, 0.05) is 16.7 Å². The van der Waals surface area contributed by atoms with Crippen molar-refractivity contribution < 1.29 is 9.53 Å². The molecule has 0 amide bonds. The number of benzene rings is 2. The highest BCUT2D eigenvalue weighted by molar-refractivity contribution is 5.75. The van der Waals surface area contributed by atoms with E-state index in [2.05, 4.69) is 30.6 Å². The second kappa shape index (κ2) is 9.82. The van der Waals surface area contributed by atoms with E-state index in [-0.39, 0.29) is 11.9 Å². The minimum Gasteiger partial charge on any atom is -0.426 e. The highest BCUT2D eigenvalue weighted by Crippen LogP contribution is 2.31. The molecular weight excluding hydrogens is 344 g/mol. The molecule has 3 rings (SSSR count). The molecule has 2 heteroatoms. The Kier molecular flexibility index (Phi) is 6.94. The van der Waals surface area contributed by atoms with E-state index < -0.39 is 0 Å². The third kappa shape index (κ3) is 5.51. The number of rotatable bonds is 3. The fourth-order valence-corrected chi connectivity index (χ4v) is 3.54. The van der Waals surface area contributed by atoms with Crippen LogP contribution in [0.15, 0.2) is 48.5 Å². The van der Waals surface area contributed by atoms with Gasteiger partial charge in [0.25, 0.3) is 0 Å². The van der Waals surface area contributed by atoms with Gasteiger partial charge in [-0.25, -0.2) is 0 Å². The van der Waals surface area contributed by atoms with Gasteiger partial charge < -0.3 is 4.74 Å². The van der Waals surface area contributed by atoms with Crippen molar-refractivity contribution in [2.75, 3.05) is 0 Å². The van der Waals surface area contributed by atoms with Crippen LogP contribution in [0.3, 0.4) is 0 Å². The lowest BCUT2D eigenvalue weighted by Gasteiger charge is -2.26. The van der Waals surface area contributed by atoms with Crippen molar-refractivity contribution in [1.29, 1.82) is 0 Å². The molecule has 1 fully saturated rings. The average molecular weight is 370 g/mol. The van der Waals surface area contributed by atoms with Crippen LogP contribution in [-0.4, -0.2) is 5.97 Å². The van der Waals surface area contributed by atoms with Gasteiger partial charge in [0.1, 0.15) is 5.75 Å². The summed E-state index contributed by atoms with van der Waals surface area (Å²) in [7, 11) is 0. The van der Waals surface area contributed by atoms with Crippen LogP contribution < -0.4 is 4.74 Å². The highest BCUT2D eigenvalue weighted by atomic mass is 16.5. The molecule has 0 heterocycles. The molecule has 0 unspecified atom stereocenters. The number of carbonyl (C=O) groups excluding carboxylic acids is 1. The molecule has 1 aliphatic carbocycles. The molecule has 0 aromatic heterocycles. The van der Waals surface area contributed by atoms with Gasteiger partial charge in [-0.1, -0.05) is 31.1 Å². The Hall–Kier alpha value is -2.97. The van der Waals surface area contributed by atoms with Crippen LogP contribution in [0.4, 0.5) is 0 Å². The Bertz CT molecular complexity index is 907. The zero-order valence-electron chi connectivity index (χ0n) is 16.6. The topological polar surface area (TPSA) is 26.3 Å². The van der Waals surface area contributed by atoms with Crippen molar-refractivity contribution in [2.45, 2.75) is 46.0 Å². The Morgan fingerprint density at radius 1 is 0.857 bits per heavy atom. The first-order chi connectivity index (χ1) is 13.7. The molecule has 28 heavy (non-hydrogen) atoms. The molecule has 0 bridgehead atoms. The number of hydrogen-bond acceptors (Lipinski definition) is 2. The zero-order valence-corrected chi connectivity index (χ0v) is 16.6. The predicted octanol–water partition coefficient (Wildman–Crippen LogP) is 5.58. The summed E-state index contributed by atoms with van der Waals surface area (Å²) in [5.41, 5.74) is 2.82. The summed E-state index contributed by atoms with van der Waals surface area (Å²) in [6.45, 7) is 4.05. The molecular formula is C26H26O2. The van der Waals surface area contributed by atoms with Crippen LogP contribution in [0.2, 0.25) is 0 Å². The molecule has 0 spiro atoms. The maximum atomic E-state index is 12.4. The fraction of sp³-hybridized carbons (Fsp3) is 0.346. The van der Waals surface area contributed by atoms with Gasteiger partial charge in [-0.05, 0) is 87.1 Å². The average Bonchev–Trinajstić information content (AvgIpc) is 2.74. The minimum atomic E-state index is -0.0938. The second-order valence-corrected chi connectivity index (χ2v) is 7.27. The highest BCUT2D eigenvalue weighted by Gasteiger charge is 2.26. The smallest absolute Gasteiger partial charge is 0.314 e. The van der Waals surface area contributed by atoms with Crippen molar-refractivity contribution in [2.24, 2.45) is 11.8 Å². The first-order valence-electron chi connectivity index (χ1n) is 10.0. The molecule has 2 aromatic rings. The van der Waals surface area contributed by atoms with E-state index in [1.54, 1.807) is 0 Å². The minimum absolute atomic E-state index is 0.0441. The standard InChI is InChI=1S/C26H26O2/c1-3-5-21-6-8-22(9-7-21)10-11-23-14-18-25(19-15-23)28-26(27)24-16-12-20(4-2)13-17-24/h6-9,14-15,18-20,24H,4,12-13,16-17H2,1-2H3. The number of esters is 1. The summed E-state index contributed by atoms with van der Waals surface area (Å²) in [6.07, 6.45) is 5.38. The molecule has 0 saturated heterocycles. The van der Waals surface area contributed by atoms with Gasteiger partial charge in [-0.15, -0.1) is 5.92 Å². The molecule has 1 aliphatic rings. The van der Waals surface area contributed by atoms with Crippen LogP contribution in [0, 0.1) is 35.5 Å². The predicted molar refractivity (Wildman–Crippen MR) is 113 cm³/mol. The van der Waals surface area contributed by atoms with Gasteiger partial charge >= 0.3 is 5.97 Å². The lowest BCUT2D eigenvalue weighted by molar-refractivity contribution is -0.140. The monoisotopic (exact) mass is 370 g/mol. The number of carbonyl (C=O) groups is 1. The Labute approximate surface area is 168 Å². The molecule has 0 N–H and O–H groups in total. The van der Waals surface area contributed by atoms with Crippen LogP contribution in [0.25, 0.3) is 0 Å². The molecule has 1 saturated carbocycles. The summed E-state index contributed by atoms with van der Waals surface area (Å²) in [5.74, 6) is 13.5. The Balaban J connectivity index is 1.56. The lowest BCUT2D eigenvalue weighted by atomic mass is 9.81. The lowest BCUT2D eigenvalue weighted by Crippen LogP contribution is -2.25. The third-order valence-corrected chi connectivity index (χ3v) is 5.34. The van der Waals surface area contributed by atoms with Crippen LogP contribution in [0.1, 0.15) is 62.6 Å². The first-order valence-corrected chi connectivity index (χ1v) is 10.0. The second-order valence-electron chi connectivity index (χ2n) is 7.27. The van der Waals surface area contributed by atoms with E-state index >= 15 is 0 Å². The summed E-state index contributed by atoms with van der Waals surface area (Å²) in [6, 6.07) is 15.3. The summed E-state index contributed by atoms with van der Waals surface area (Å²) >= 11 is 0. The van der Waals surface area contributed by atoms with Crippen molar-refractivity contribution in [3.05, 3.63) is 65.2 Å². The van der Waals surface area contributed by atoms with E-state index in [9.17, 15) is 4.79 Å². The van der Waals surface area contributed by atoms with Crippen LogP contribution >= 0.6 is 0 Å². The summed E-state index contributed by atoms with van der Waals surface area (Å²) in [5, 5.41) is 0. The molecule has 0 aliphatic heterocycles. The summed E-state index contributed by atoms with van der Waals surface area (Å²) in [4.78, 5) is 12.4. The number of ether oxygens (including phenoxy) is 1. The van der Waals surface area contributed by atoms with E-state index in [0.717, 1.165) is 48.3 Å². The Morgan fingerprint density at radius 3 is 1.86 bits per heavy atom. The van der Waals surface area contributed by atoms with Gasteiger partial charge in [0.15, 0.2) is 0 Å². The normalized spacial score (nSPS) is 18.2. The molecule has 2 aromatic carbocycles. The quantitative estimate of drug-likeness (QED) is 0.400. The molecule has 2 nitrogen and oxygen atoms in total. The maximum Gasteiger partial charge on any atom is 0.314 e. The van der Waals surface area contributed by atoms with E-state index in [1.807, 2.05) is 55.5 Å². The van der Waals surface area contributed by atoms with Crippen LogP contribution in [-0.2, 0) is 4.79 Å². The van der Waals surface area contributed by atoms with Crippen molar-refractivity contribution in [1.82, 2.24) is 0 Å². The largest absolute Gasteiger partial charge is 0.426 e. The van der Waals surface area contributed by atoms with Crippen molar-refractivity contribution >= 4 is 5.97 Å². The summed E-state index contributed by atoms with van der Waals surface area (Å²) < 4.78 is 5.58. The SMILES string of the molecule is CC#Cc1ccc(C#Cc2ccc(OC(=O)C3CCC(CC)CC3)cc2)cc1. The van der Waals surface area contributed by atoms with Crippen molar-refractivity contribution in [3.63, 3.8) is 0 Å². The van der Waals surface area contributed by atoms with E-state index in [0.29, 0.717) is 5.75 Å². The van der Waals surface area contributed by atoms with E-state index in [4.69, 9.17) is 4.74 Å². The van der Waals surface area contributed by atoms with Gasteiger partial charge in [0.05, 0.1) is 5.92 Å². The van der Waals surface area contributed by atoms with Crippen LogP contribution in [0.5, 0.6) is 5.75 Å². The maximum absolute atomic E-state index is 12.4. The van der Waals surface area contributed by atoms with Gasteiger partial charge in [-0.3, -0.25) is 4.79 Å². The first kappa shape index (κ1) is 19.8. The fourth-order valence-electron chi connectivity index (χ4n) is 3.54. The molecule has 142 valence electrons.